The smallest absolute Gasteiger partial charge is 0.252 e. The summed E-state index contributed by atoms with van der Waals surface area (Å²) in [7, 11) is 0. The fourth-order valence-corrected chi connectivity index (χ4v) is 14.6. The molecule has 2 aromatic heterocycles. The molecule has 4 heterocycles. The highest BCUT2D eigenvalue weighted by molar-refractivity contribution is 7.00. The number of para-hydroxylation sites is 2. The Balaban J connectivity index is 1.11. The Morgan fingerprint density at radius 3 is 1.16 bits per heavy atom. The van der Waals surface area contributed by atoms with Gasteiger partial charge in [0.2, 0.25) is 0 Å². The van der Waals surface area contributed by atoms with Gasteiger partial charge in [-0.3, -0.25) is 0 Å². The van der Waals surface area contributed by atoms with Crippen LogP contribution in [0.5, 0.6) is 0 Å². The van der Waals surface area contributed by atoms with Crippen LogP contribution >= 0.6 is 0 Å². The molecule has 2 aliphatic rings. The molecule has 94 heavy (non-hydrogen) atoms. The minimum absolute atomic E-state index is 0.215. The van der Waals surface area contributed by atoms with Crippen molar-refractivity contribution >= 4 is 101 Å². The molecule has 468 valence electrons. The quantitative estimate of drug-likeness (QED) is 0.134. The van der Waals surface area contributed by atoms with Crippen molar-refractivity contribution in [3.8, 4) is 33.6 Å². The summed E-state index contributed by atoms with van der Waals surface area (Å²) < 4.78 is 118. The number of rotatable bonds is 9. The van der Waals surface area contributed by atoms with Gasteiger partial charge in [-0.05, 0) is 199 Å². The largest absolute Gasteiger partial charge is 0.311 e. The third-order valence-electron chi connectivity index (χ3n) is 18.6. The van der Waals surface area contributed by atoms with Crippen LogP contribution in [0.15, 0.2) is 230 Å². The van der Waals surface area contributed by atoms with E-state index >= 15 is 0 Å². The molecule has 15 rings (SSSR count). The van der Waals surface area contributed by atoms with Gasteiger partial charge in [0.05, 0.1) is 44.4 Å². The lowest BCUT2D eigenvalue weighted by molar-refractivity contribution is 0.411. The molecule has 0 bridgehead atoms. The van der Waals surface area contributed by atoms with Gasteiger partial charge in [0.25, 0.3) is 6.71 Å². The zero-order valence-electron chi connectivity index (χ0n) is 68.9. The highest BCUT2D eigenvalue weighted by atomic mass is 15.2. The van der Waals surface area contributed by atoms with Crippen molar-refractivity contribution in [1.29, 1.82) is 0 Å². The van der Waals surface area contributed by atoms with E-state index in [0.29, 0.717) is 61.5 Å². The molecule has 0 aliphatic carbocycles. The minimum atomic E-state index is -1.83. The lowest BCUT2D eigenvalue weighted by atomic mass is 9.33. The van der Waals surface area contributed by atoms with Crippen molar-refractivity contribution < 1.29 is 16.4 Å². The molecular weight excluding hydrogens is 1140 g/mol. The summed E-state index contributed by atoms with van der Waals surface area (Å²) in [6.45, 7) is 30.8. The zero-order valence-corrected chi connectivity index (χ0v) is 56.9. The first-order chi connectivity index (χ1) is 49.6. The van der Waals surface area contributed by atoms with E-state index in [1.807, 2.05) is 74.9 Å². The predicted octanol–water partition coefficient (Wildman–Crippen LogP) is 22.7. The molecule has 0 saturated carbocycles. The number of anilines is 6. The first-order valence-corrected chi connectivity index (χ1v) is 33.2. The molecular formula is C89H89BN4. The van der Waals surface area contributed by atoms with E-state index in [1.54, 1.807) is 24.3 Å². The molecule has 0 spiro atoms. The summed E-state index contributed by atoms with van der Waals surface area (Å²) in [5, 5.41) is 1.59. The van der Waals surface area contributed by atoms with Gasteiger partial charge in [-0.15, -0.1) is 0 Å². The molecule has 0 saturated heterocycles. The third kappa shape index (κ3) is 10.8. The molecule has 0 fully saturated rings. The predicted molar refractivity (Wildman–Crippen MR) is 407 cm³/mol. The summed E-state index contributed by atoms with van der Waals surface area (Å²) >= 11 is 0. The molecule has 0 unspecified atom stereocenters. The Hall–Kier alpha value is -9.32. The maximum absolute atomic E-state index is 9.85. The minimum Gasteiger partial charge on any atom is -0.311 e. The maximum Gasteiger partial charge on any atom is 0.252 e. The van der Waals surface area contributed by atoms with Gasteiger partial charge in [0.15, 0.2) is 0 Å². The molecule has 13 aromatic rings. The van der Waals surface area contributed by atoms with Gasteiger partial charge in [-0.2, -0.15) is 0 Å². The van der Waals surface area contributed by atoms with E-state index in [0.717, 1.165) is 89.5 Å². The second-order valence-electron chi connectivity index (χ2n) is 31.4. The molecule has 5 heteroatoms. The third-order valence-corrected chi connectivity index (χ3v) is 18.6. The van der Waals surface area contributed by atoms with E-state index in [4.69, 9.17) is 2.74 Å². The normalized spacial score (nSPS) is 15.7. The molecule has 0 atom stereocenters. The lowest BCUT2D eigenvalue weighted by Crippen LogP contribution is -2.61. The van der Waals surface area contributed by atoms with Crippen molar-refractivity contribution in [2.45, 2.75) is 134 Å². The summed E-state index contributed by atoms with van der Waals surface area (Å²) in [5.41, 5.74) is 17.0. The SMILES string of the molecule is [2H]c1c([2H])c([2H])c2c(c1[2H])c1cc(C([2H])([2H])C(C)(C)C)ccc1n2-c1ccc2c(c1)N(c1ccc(C(C)(C)C)cc1-c1ccccc1)c1cc(CC(C)(C)C)cc3c1B2c1ccc(-n2c4ccc(C([2H])([2H])C(C)(C)C)cc4c4c([2H])c([2H])c([2H])c([2H])c42)cc1N3c1ccc(C(C)(C)C)cc1-c1ccccc1. The number of hydrogen-bond acceptors (Lipinski definition) is 2. The van der Waals surface area contributed by atoms with Gasteiger partial charge in [-0.1, -0.05) is 237 Å². The molecule has 0 N–H and O–H groups in total. The van der Waals surface area contributed by atoms with Crippen LogP contribution in [-0.4, -0.2) is 15.8 Å². The lowest BCUT2D eigenvalue weighted by Gasteiger charge is -2.45. The van der Waals surface area contributed by atoms with Crippen molar-refractivity contribution in [2.75, 3.05) is 9.80 Å². The fraction of sp³-hybridized carbons (Fsp3) is 0.258. The number of benzene rings is 11. The monoisotopic (exact) mass is 1240 g/mol. The van der Waals surface area contributed by atoms with Gasteiger partial charge in [0.1, 0.15) is 0 Å². The van der Waals surface area contributed by atoms with E-state index in [-0.39, 0.29) is 75.6 Å². The first-order valence-electron chi connectivity index (χ1n) is 39.2. The van der Waals surface area contributed by atoms with E-state index in [2.05, 4.69) is 206 Å². The average Bonchev–Trinajstić information content (AvgIpc) is 0.799. The van der Waals surface area contributed by atoms with Crippen molar-refractivity contribution in [1.82, 2.24) is 9.13 Å². The van der Waals surface area contributed by atoms with E-state index in [9.17, 15) is 13.7 Å². The van der Waals surface area contributed by atoms with Crippen LogP contribution in [0.25, 0.3) is 77.2 Å². The first kappa shape index (κ1) is 48.4. The second-order valence-corrected chi connectivity index (χ2v) is 31.4. The maximum atomic E-state index is 9.85. The van der Waals surface area contributed by atoms with Crippen molar-refractivity contribution in [3.05, 3.63) is 258 Å². The zero-order chi connectivity index (χ0) is 76.1. The molecule has 11 aromatic carbocycles. The van der Waals surface area contributed by atoms with Gasteiger partial charge in [-0.25, -0.2) is 0 Å². The van der Waals surface area contributed by atoms with Crippen LogP contribution in [0.2, 0.25) is 0 Å². The number of fused-ring (bicyclic) bond motifs is 10. The molecule has 0 radical (unpaired) electrons. The van der Waals surface area contributed by atoms with Crippen molar-refractivity contribution in [2.24, 2.45) is 16.2 Å². The standard InChI is InChI=1S/C89H89BN4/c1-85(2,3)54-57-34-42-78-70(46-57)66-30-22-24-32-74(66)91(78)64-38-40-72-80(52-64)93(76-44-36-62(88(10,11)12)50-68(76)60-26-18-16-19-27-60)82-48-59(56-87(7,8)9)49-83-84(82)90(72)73-41-39-65(92-75-33-25-23-31-67(75)71-47-58(35-43-79(71)92)55-86(4,5)6)53-81(73)94(83)77-45-37-63(89(13,14)15)51-69(77)61-28-20-17-21-29-61/h16-53H,54-56H2,1-15H3/i22D,23D,24D,25D,30D,31D,32D,33D,54D2,55D2. The topological polar surface area (TPSA) is 16.3 Å². The van der Waals surface area contributed by atoms with Crippen LogP contribution in [-0.2, 0) is 30.0 Å². The van der Waals surface area contributed by atoms with Gasteiger partial charge >= 0.3 is 0 Å². The number of hydrogen-bond donors (Lipinski definition) is 0. The highest BCUT2D eigenvalue weighted by Gasteiger charge is 2.45. The molecule has 2 aliphatic heterocycles. The van der Waals surface area contributed by atoms with Crippen LogP contribution in [0.1, 0.15) is 148 Å². The summed E-state index contributed by atoms with van der Waals surface area (Å²) in [6, 6.07) is 60.7. The Bertz CT molecular complexity index is 5500. The molecule has 4 nitrogen and oxygen atoms in total. The van der Waals surface area contributed by atoms with Gasteiger partial charge < -0.3 is 18.9 Å². The Labute approximate surface area is 575 Å². The van der Waals surface area contributed by atoms with Gasteiger partial charge in [0, 0.05) is 72.3 Å². The van der Waals surface area contributed by atoms with Crippen LogP contribution < -0.4 is 26.2 Å². The van der Waals surface area contributed by atoms with Crippen LogP contribution in [0, 0.1) is 16.2 Å². The summed E-state index contributed by atoms with van der Waals surface area (Å²) in [5.74, 6) is 0. The average molecular weight is 1240 g/mol. The van der Waals surface area contributed by atoms with E-state index in [1.165, 1.54) is 0 Å². The number of aromatic nitrogens is 2. The Kier molecular flexibility index (Phi) is 11.4. The number of nitrogens with zero attached hydrogens (tertiary/aromatic N) is 4. The van der Waals surface area contributed by atoms with Crippen molar-refractivity contribution in [3.63, 3.8) is 0 Å². The van der Waals surface area contributed by atoms with Crippen LogP contribution in [0.4, 0.5) is 34.1 Å². The van der Waals surface area contributed by atoms with Crippen LogP contribution in [0.3, 0.4) is 0 Å². The Morgan fingerprint density at radius 1 is 0.351 bits per heavy atom. The summed E-state index contributed by atoms with van der Waals surface area (Å²) in [6.07, 6.45) is -3.00. The highest BCUT2D eigenvalue weighted by Crippen LogP contribution is 2.52. The summed E-state index contributed by atoms with van der Waals surface area (Å²) in [4.78, 5) is 4.85. The van der Waals surface area contributed by atoms with E-state index < -0.39 is 30.3 Å². The Morgan fingerprint density at radius 2 is 0.766 bits per heavy atom. The second kappa shape index (κ2) is 22.2. The molecule has 0 amide bonds. The fourth-order valence-electron chi connectivity index (χ4n) is 14.6.